The van der Waals surface area contributed by atoms with Crippen molar-refractivity contribution < 1.29 is 14.8 Å². The smallest absolute Gasteiger partial charge is 0.269 e. The maximum absolute atomic E-state index is 12.5. The van der Waals surface area contributed by atoms with Gasteiger partial charge in [0.2, 0.25) is 0 Å². The number of nitrogens with one attached hydrogen (secondary N) is 1. The van der Waals surface area contributed by atoms with Gasteiger partial charge in [-0.05, 0) is 48.6 Å². The van der Waals surface area contributed by atoms with Gasteiger partial charge in [-0.15, -0.1) is 0 Å². The molecule has 0 aliphatic heterocycles. The molecule has 0 bridgehead atoms. The molecule has 0 radical (unpaired) electrons. The maximum atomic E-state index is 12.5. The molecule has 1 atom stereocenters. The van der Waals surface area contributed by atoms with Gasteiger partial charge in [0.1, 0.15) is 5.75 Å². The Labute approximate surface area is 132 Å². The molecule has 2 N–H and O–H groups in total. The minimum absolute atomic E-state index is 0.0322. The first kappa shape index (κ1) is 15.0. The Balaban J connectivity index is 1.82. The second-order valence-corrected chi connectivity index (χ2v) is 5.67. The van der Waals surface area contributed by atoms with E-state index in [2.05, 4.69) is 5.32 Å². The Bertz CT molecular complexity index is 801. The number of carbonyl (C=O) groups excluding carboxylic acids is 1. The van der Waals surface area contributed by atoms with Crippen LogP contribution in [0.25, 0.3) is 0 Å². The van der Waals surface area contributed by atoms with Gasteiger partial charge in [0.05, 0.1) is 11.0 Å². The maximum Gasteiger partial charge on any atom is 0.269 e. The van der Waals surface area contributed by atoms with Gasteiger partial charge in [-0.1, -0.05) is 12.1 Å². The zero-order chi connectivity index (χ0) is 16.6. The lowest BCUT2D eigenvalue weighted by molar-refractivity contribution is -0.384. The third kappa shape index (κ3) is 2.75. The van der Waals surface area contributed by atoms with E-state index < -0.39 is 4.92 Å². The average Bonchev–Trinajstić information content (AvgIpc) is 2.91. The summed E-state index contributed by atoms with van der Waals surface area (Å²) in [6, 6.07) is 9.34. The average molecular weight is 312 g/mol. The van der Waals surface area contributed by atoms with Gasteiger partial charge in [-0.2, -0.15) is 0 Å². The van der Waals surface area contributed by atoms with E-state index >= 15 is 0 Å². The van der Waals surface area contributed by atoms with E-state index in [0.29, 0.717) is 17.5 Å². The van der Waals surface area contributed by atoms with Crippen LogP contribution in [0.2, 0.25) is 0 Å². The lowest BCUT2D eigenvalue weighted by atomic mass is 10.0. The van der Waals surface area contributed by atoms with Crippen LogP contribution < -0.4 is 5.32 Å². The van der Waals surface area contributed by atoms with E-state index in [1.807, 2.05) is 6.07 Å². The number of aromatic hydroxyl groups is 1. The number of phenols is 1. The number of benzene rings is 2. The first-order valence-corrected chi connectivity index (χ1v) is 7.34. The Hall–Kier alpha value is -2.89. The van der Waals surface area contributed by atoms with E-state index in [1.165, 1.54) is 18.2 Å². The number of amides is 1. The molecule has 2 aromatic carbocycles. The molecule has 6 heteroatoms. The summed E-state index contributed by atoms with van der Waals surface area (Å²) in [6.07, 6.45) is 1.44. The van der Waals surface area contributed by atoms with Crippen molar-refractivity contribution >= 4 is 11.6 Å². The normalized spacial score (nSPS) is 16.0. The van der Waals surface area contributed by atoms with Crippen LogP contribution in [0.3, 0.4) is 0 Å². The molecule has 23 heavy (non-hydrogen) atoms. The topological polar surface area (TPSA) is 92.5 Å². The van der Waals surface area contributed by atoms with Crippen LogP contribution >= 0.6 is 0 Å². The molecule has 1 aliphatic rings. The van der Waals surface area contributed by atoms with Crippen molar-refractivity contribution in [1.29, 1.82) is 0 Å². The van der Waals surface area contributed by atoms with E-state index in [1.54, 1.807) is 19.1 Å². The van der Waals surface area contributed by atoms with Crippen molar-refractivity contribution in [2.24, 2.45) is 0 Å². The van der Waals surface area contributed by atoms with Crippen molar-refractivity contribution in [3.63, 3.8) is 0 Å². The number of nitrogens with zero attached hydrogens (tertiary/aromatic N) is 1. The molecule has 0 spiro atoms. The van der Waals surface area contributed by atoms with Gasteiger partial charge in [0.15, 0.2) is 0 Å². The number of carbonyl (C=O) groups is 1. The molecule has 2 aromatic rings. The van der Waals surface area contributed by atoms with Crippen LogP contribution in [0.5, 0.6) is 5.75 Å². The van der Waals surface area contributed by atoms with Crippen LogP contribution in [-0.4, -0.2) is 15.9 Å². The number of phenolic OH excluding ortho intramolecular Hbond substituents is 1. The number of aryl methyl sites for hydroxylation is 1. The molecule has 0 heterocycles. The first-order chi connectivity index (χ1) is 11.0. The lowest BCUT2D eigenvalue weighted by Gasteiger charge is -2.15. The van der Waals surface area contributed by atoms with Gasteiger partial charge < -0.3 is 10.4 Å². The fourth-order valence-corrected chi connectivity index (χ4v) is 3.04. The SMILES string of the molecule is Cc1cc([N+](=O)[O-])ccc1C(=O)NC1CCc2c(O)cccc21. The second kappa shape index (κ2) is 5.72. The predicted octanol–water partition coefficient (Wildman–Crippen LogP) is 3.03. The number of rotatable bonds is 3. The fourth-order valence-electron chi connectivity index (χ4n) is 3.04. The van der Waals surface area contributed by atoms with E-state index in [4.69, 9.17) is 0 Å². The second-order valence-electron chi connectivity index (χ2n) is 5.67. The minimum atomic E-state index is -0.481. The summed E-state index contributed by atoms with van der Waals surface area (Å²) in [5.41, 5.74) is 2.75. The lowest BCUT2D eigenvalue weighted by Crippen LogP contribution is -2.27. The molecular weight excluding hydrogens is 296 g/mol. The molecule has 0 saturated carbocycles. The third-order valence-corrected chi connectivity index (χ3v) is 4.22. The summed E-state index contributed by atoms with van der Waals surface area (Å²) in [4.78, 5) is 22.7. The van der Waals surface area contributed by atoms with Crippen molar-refractivity contribution in [3.05, 3.63) is 68.8 Å². The van der Waals surface area contributed by atoms with Crippen molar-refractivity contribution in [3.8, 4) is 5.75 Å². The molecule has 1 unspecified atom stereocenters. The molecular formula is C17H16N2O4. The molecule has 0 saturated heterocycles. The Morgan fingerprint density at radius 1 is 1.35 bits per heavy atom. The number of hydrogen-bond acceptors (Lipinski definition) is 4. The fraction of sp³-hybridized carbons (Fsp3) is 0.235. The van der Waals surface area contributed by atoms with Crippen LogP contribution in [0, 0.1) is 17.0 Å². The van der Waals surface area contributed by atoms with Gasteiger partial charge >= 0.3 is 0 Å². The van der Waals surface area contributed by atoms with Gasteiger partial charge in [0.25, 0.3) is 11.6 Å². The quantitative estimate of drug-likeness (QED) is 0.673. The summed E-state index contributed by atoms with van der Waals surface area (Å²) < 4.78 is 0. The van der Waals surface area contributed by atoms with Gasteiger partial charge in [0, 0.05) is 17.7 Å². The third-order valence-electron chi connectivity index (χ3n) is 4.22. The molecule has 6 nitrogen and oxygen atoms in total. The molecule has 0 fully saturated rings. The minimum Gasteiger partial charge on any atom is -0.508 e. The highest BCUT2D eigenvalue weighted by Crippen LogP contribution is 2.36. The standard InChI is InChI=1S/C17H16N2O4/c1-10-9-11(19(22)23)5-6-12(10)17(21)18-15-8-7-14-13(15)3-2-4-16(14)20/h2-6,9,15,20H,7-8H2,1H3,(H,18,21). The molecule has 1 aliphatic carbocycles. The largest absolute Gasteiger partial charge is 0.508 e. The summed E-state index contributed by atoms with van der Waals surface area (Å²) in [5.74, 6) is -0.00986. The highest BCUT2D eigenvalue weighted by atomic mass is 16.6. The van der Waals surface area contributed by atoms with Crippen molar-refractivity contribution in [2.75, 3.05) is 0 Å². The number of non-ortho nitro benzene ring substituents is 1. The Morgan fingerprint density at radius 3 is 2.83 bits per heavy atom. The molecule has 3 rings (SSSR count). The van der Waals surface area contributed by atoms with Crippen LogP contribution in [0.1, 0.15) is 39.5 Å². The first-order valence-electron chi connectivity index (χ1n) is 7.34. The molecule has 118 valence electrons. The summed E-state index contributed by atoms with van der Waals surface area (Å²) in [6.45, 7) is 1.68. The molecule has 1 amide bonds. The highest BCUT2D eigenvalue weighted by molar-refractivity contribution is 5.96. The van der Waals surface area contributed by atoms with E-state index in [-0.39, 0.29) is 23.4 Å². The van der Waals surface area contributed by atoms with Crippen molar-refractivity contribution in [1.82, 2.24) is 5.32 Å². The summed E-state index contributed by atoms with van der Waals surface area (Å²) in [5, 5.41) is 23.6. The number of nitro groups is 1. The van der Waals surface area contributed by atoms with Gasteiger partial charge in [-0.3, -0.25) is 14.9 Å². The number of nitro benzene ring substituents is 1. The highest BCUT2D eigenvalue weighted by Gasteiger charge is 2.26. The number of hydrogen-bond donors (Lipinski definition) is 2. The van der Waals surface area contributed by atoms with Crippen LogP contribution in [0.15, 0.2) is 36.4 Å². The van der Waals surface area contributed by atoms with Crippen LogP contribution in [-0.2, 0) is 6.42 Å². The zero-order valence-electron chi connectivity index (χ0n) is 12.6. The summed E-state index contributed by atoms with van der Waals surface area (Å²) in [7, 11) is 0. The van der Waals surface area contributed by atoms with E-state index in [9.17, 15) is 20.0 Å². The van der Waals surface area contributed by atoms with E-state index in [0.717, 1.165) is 17.5 Å². The zero-order valence-corrected chi connectivity index (χ0v) is 12.6. The monoisotopic (exact) mass is 312 g/mol. The number of fused-ring (bicyclic) bond motifs is 1. The Morgan fingerprint density at radius 2 is 2.13 bits per heavy atom. The van der Waals surface area contributed by atoms with Gasteiger partial charge in [-0.25, -0.2) is 0 Å². The predicted molar refractivity (Wildman–Crippen MR) is 84.5 cm³/mol. The molecule has 0 aromatic heterocycles. The summed E-state index contributed by atoms with van der Waals surface area (Å²) >= 11 is 0. The van der Waals surface area contributed by atoms with Crippen molar-refractivity contribution in [2.45, 2.75) is 25.8 Å². The van der Waals surface area contributed by atoms with Crippen LogP contribution in [0.4, 0.5) is 5.69 Å². The Kier molecular flexibility index (Phi) is 3.73.